The first kappa shape index (κ1) is 38.7. The first-order valence-corrected chi connectivity index (χ1v) is 18.8. The van der Waals surface area contributed by atoms with Gasteiger partial charge in [0.05, 0.1) is 36.6 Å². The van der Waals surface area contributed by atoms with Gasteiger partial charge in [0.1, 0.15) is 17.7 Å². The predicted octanol–water partition coefficient (Wildman–Crippen LogP) is 5.56. The minimum atomic E-state index is -1.34. The zero-order valence-electron chi connectivity index (χ0n) is 31.4. The number of hydrogen-bond acceptors (Lipinski definition) is 7. The number of ether oxygens (including phenoxy) is 2. The third kappa shape index (κ3) is 7.37. The summed E-state index contributed by atoms with van der Waals surface area (Å²) in [5.41, 5.74) is 2.76. The van der Waals surface area contributed by atoms with Gasteiger partial charge in [-0.3, -0.25) is 19.2 Å². The van der Waals surface area contributed by atoms with Gasteiger partial charge in [0.2, 0.25) is 11.8 Å². The van der Waals surface area contributed by atoms with E-state index in [2.05, 4.69) is 18.5 Å². The lowest BCUT2D eigenvalue weighted by atomic mass is 9.70. The van der Waals surface area contributed by atoms with Crippen molar-refractivity contribution in [2.45, 2.75) is 88.8 Å². The number of hydrogen-bond donors (Lipinski definition) is 2. The van der Waals surface area contributed by atoms with Gasteiger partial charge < -0.3 is 29.7 Å². The topological polar surface area (TPSA) is 125 Å². The molecule has 1 spiro atoms. The molecule has 10 nitrogen and oxygen atoms in total. The maximum Gasteiger partial charge on any atom is 0.313 e. The van der Waals surface area contributed by atoms with Crippen LogP contribution in [0.25, 0.3) is 0 Å². The molecule has 3 amide bonds. The molecule has 3 aliphatic heterocycles. The van der Waals surface area contributed by atoms with Crippen LogP contribution in [-0.4, -0.2) is 76.7 Å². The zero-order chi connectivity index (χ0) is 38.6. The van der Waals surface area contributed by atoms with Crippen molar-refractivity contribution < 1.29 is 33.8 Å². The summed E-state index contributed by atoms with van der Waals surface area (Å²) in [6.07, 6.45) is 3.66. The van der Waals surface area contributed by atoms with E-state index in [1.807, 2.05) is 92.7 Å². The summed E-state index contributed by atoms with van der Waals surface area (Å²) in [7, 11) is 0. The predicted molar refractivity (Wildman–Crippen MR) is 206 cm³/mol. The Balaban J connectivity index is 1.39. The van der Waals surface area contributed by atoms with Crippen LogP contribution < -0.4 is 10.2 Å². The highest BCUT2D eigenvalue weighted by molar-refractivity contribution is 6.05. The monoisotopic (exact) mass is 733 g/mol. The Morgan fingerprint density at radius 2 is 1.76 bits per heavy atom. The first-order chi connectivity index (χ1) is 26.0. The summed E-state index contributed by atoms with van der Waals surface area (Å²) < 4.78 is 13.1. The number of nitrogens with zero attached hydrogens (tertiary/aromatic N) is 2. The van der Waals surface area contributed by atoms with Crippen molar-refractivity contribution in [1.82, 2.24) is 10.2 Å². The maximum atomic E-state index is 15.2. The average molecular weight is 734 g/mol. The van der Waals surface area contributed by atoms with Gasteiger partial charge in [-0.2, -0.15) is 0 Å². The number of nitrogens with one attached hydrogen (secondary N) is 1. The van der Waals surface area contributed by atoms with E-state index in [0.717, 1.165) is 16.7 Å². The van der Waals surface area contributed by atoms with Gasteiger partial charge in [0.15, 0.2) is 0 Å². The number of aliphatic hydroxyl groups is 1. The SMILES string of the molecule is C=CCCC(=O)N[C@H](C)[C@@H](OC(=O)[C@@H]1[C@@H]2CC[C@]3(O2)[C@H](C(=O)N(CC=C)c2cc(C)ccc2C)N([C@@H](CO)Cc2ccccc2)C(=O)[C@@H]13)c1ccccc1. The van der Waals surface area contributed by atoms with Crippen LogP contribution >= 0.6 is 0 Å². The molecule has 0 aromatic heterocycles. The van der Waals surface area contributed by atoms with Crippen LogP contribution in [0.4, 0.5) is 5.69 Å². The van der Waals surface area contributed by atoms with Crippen molar-refractivity contribution in [3.05, 3.63) is 126 Å². The molecule has 0 unspecified atom stereocenters. The number of carbonyl (C=O) groups excluding carboxylic acids is 4. The number of fused-ring (bicyclic) bond motifs is 1. The second-order valence-corrected chi connectivity index (χ2v) is 14.8. The Labute approximate surface area is 317 Å². The summed E-state index contributed by atoms with van der Waals surface area (Å²) in [6.45, 7) is 13.1. The molecule has 3 saturated heterocycles. The number of allylic oxidation sites excluding steroid dienone is 1. The van der Waals surface area contributed by atoms with Crippen molar-refractivity contribution >= 4 is 29.4 Å². The van der Waals surface area contributed by atoms with E-state index in [4.69, 9.17) is 9.47 Å². The lowest BCUT2D eigenvalue weighted by Gasteiger charge is -2.39. The van der Waals surface area contributed by atoms with Crippen LogP contribution in [-0.2, 0) is 35.1 Å². The van der Waals surface area contributed by atoms with Crippen molar-refractivity contribution in [3.63, 3.8) is 0 Å². The molecule has 0 radical (unpaired) electrons. The molecule has 3 fully saturated rings. The number of rotatable bonds is 16. The summed E-state index contributed by atoms with van der Waals surface area (Å²) in [4.78, 5) is 60.7. The summed E-state index contributed by atoms with van der Waals surface area (Å²) in [6, 6.07) is 22.1. The minimum absolute atomic E-state index is 0.176. The van der Waals surface area contributed by atoms with Crippen LogP contribution in [0.5, 0.6) is 0 Å². The van der Waals surface area contributed by atoms with Gasteiger partial charge in [-0.05, 0) is 74.8 Å². The van der Waals surface area contributed by atoms with Gasteiger partial charge >= 0.3 is 5.97 Å². The highest BCUT2D eigenvalue weighted by Crippen LogP contribution is 2.59. The number of benzene rings is 3. The van der Waals surface area contributed by atoms with Gasteiger partial charge in [-0.25, -0.2) is 0 Å². The van der Waals surface area contributed by atoms with Gasteiger partial charge in [-0.15, -0.1) is 13.2 Å². The number of likely N-dealkylation sites (tertiary alicyclic amines) is 1. The summed E-state index contributed by atoms with van der Waals surface area (Å²) in [5, 5.41) is 13.9. The number of amides is 3. The maximum absolute atomic E-state index is 15.2. The largest absolute Gasteiger partial charge is 0.455 e. The van der Waals surface area contributed by atoms with Crippen LogP contribution in [0.15, 0.2) is 104 Å². The zero-order valence-corrected chi connectivity index (χ0v) is 31.4. The fraction of sp³-hybridized carbons (Fsp3) is 0.409. The molecule has 6 rings (SSSR count). The molecule has 3 heterocycles. The molecule has 3 aromatic rings. The van der Waals surface area contributed by atoms with E-state index in [0.29, 0.717) is 30.5 Å². The third-order valence-electron chi connectivity index (χ3n) is 11.2. The number of anilines is 1. The lowest BCUT2D eigenvalue weighted by Crippen LogP contribution is -2.59. The highest BCUT2D eigenvalue weighted by atomic mass is 16.6. The Bertz CT molecular complexity index is 1870. The molecule has 284 valence electrons. The molecule has 3 aromatic carbocycles. The molecule has 2 bridgehead atoms. The average Bonchev–Trinajstić information content (AvgIpc) is 3.83. The first-order valence-electron chi connectivity index (χ1n) is 18.8. The Morgan fingerprint density at radius 1 is 1.06 bits per heavy atom. The van der Waals surface area contributed by atoms with Crippen molar-refractivity contribution in [2.24, 2.45) is 11.8 Å². The second kappa shape index (κ2) is 16.5. The standard InChI is InChI=1S/C44H51N3O7/c1-6-8-19-36(49)45-30(5)39(32-17-13-10-14-18-32)53-43(52)37-35-22-23-44(54-35)38(37)41(50)47(33(27-48)26-31-15-11-9-12-16-31)40(44)42(51)46(24-7-2)34-25-28(3)20-21-29(34)4/h6-7,9-18,20-21,25,30,33,35,37-40,48H,1-2,8,19,22-24,26-27H2,3-5H3,(H,45,49)/t30-,33-,35+,37-,38-,39-,40+,44-/m1/s1. The molecule has 2 N–H and O–H groups in total. The number of aryl methyl sites for hydroxylation is 2. The van der Waals surface area contributed by atoms with Crippen molar-refractivity contribution in [3.8, 4) is 0 Å². The van der Waals surface area contributed by atoms with Crippen LogP contribution in [0.1, 0.15) is 61.0 Å². The smallest absolute Gasteiger partial charge is 0.313 e. The second-order valence-electron chi connectivity index (χ2n) is 14.8. The lowest BCUT2D eigenvalue weighted by molar-refractivity contribution is -0.162. The molecule has 0 aliphatic carbocycles. The summed E-state index contributed by atoms with van der Waals surface area (Å²) in [5.74, 6) is -3.65. The van der Waals surface area contributed by atoms with E-state index >= 15 is 9.59 Å². The van der Waals surface area contributed by atoms with Gasteiger partial charge in [0, 0.05) is 18.7 Å². The number of carbonyl (C=O) groups is 4. The number of aliphatic hydroxyl groups excluding tert-OH is 1. The van der Waals surface area contributed by atoms with E-state index in [-0.39, 0.29) is 31.2 Å². The normalized spacial score (nSPS) is 24.3. The van der Waals surface area contributed by atoms with Crippen molar-refractivity contribution in [1.29, 1.82) is 0 Å². The molecule has 54 heavy (non-hydrogen) atoms. The highest BCUT2D eigenvalue weighted by Gasteiger charge is 2.75. The van der Waals surface area contributed by atoms with Gasteiger partial charge in [-0.1, -0.05) is 84.9 Å². The molecule has 3 aliphatic rings. The minimum Gasteiger partial charge on any atom is -0.455 e. The van der Waals surface area contributed by atoms with E-state index in [1.54, 1.807) is 24.0 Å². The molecule has 10 heteroatoms. The Kier molecular flexibility index (Phi) is 11.8. The molecular weight excluding hydrogens is 682 g/mol. The van der Waals surface area contributed by atoms with E-state index in [1.165, 1.54) is 4.90 Å². The van der Waals surface area contributed by atoms with Gasteiger partial charge in [0.25, 0.3) is 5.91 Å². The van der Waals surface area contributed by atoms with Crippen LogP contribution in [0.3, 0.4) is 0 Å². The fourth-order valence-electron chi connectivity index (χ4n) is 8.70. The summed E-state index contributed by atoms with van der Waals surface area (Å²) >= 11 is 0. The third-order valence-corrected chi connectivity index (χ3v) is 11.2. The van der Waals surface area contributed by atoms with Crippen LogP contribution in [0.2, 0.25) is 0 Å². The Morgan fingerprint density at radius 3 is 2.43 bits per heavy atom. The van der Waals surface area contributed by atoms with E-state index in [9.17, 15) is 14.7 Å². The number of esters is 1. The molecule has 0 saturated carbocycles. The Hall–Kier alpha value is -5.06. The van der Waals surface area contributed by atoms with Crippen LogP contribution in [0, 0.1) is 25.7 Å². The molecular formula is C44H51N3O7. The molecule has 8 atom stereocenters. The van der Waals surface area contributed by atoms with E-state index < -0.39 is 66.3 Å². The van der Waals surface area contributed by atoms with Crippen molar-refractivity contribution in [2.75, 3.05) is 18.1 Å². The fourth-order valence-corrected chi connectivity index (χ4v) is 8.70. The quantitative estimate of drug-likeness (QED) is 0.146.